The quantitative estimate of drug-likeness (QED) is 0.871. The Bertz CT molecular complexity index is 540. The zero-order valence-corrected chi connectivity index (χ0v) is 11.9. The van der Waals surface area contributed by atoms with Gasteiger partial charge in [0.15, 0.2) is 0 Å². The highest BCUT2D eigenvalue weighted by Crippen LogP contribution is 2.25. The molecule has 0 aliphatic heterocycles. The Balaban J connectivity index is 2.08. The average Bonchev–Trinajstić information content (AvgIpc) is 2.48. The van der Waals surface area contributed by atoms with Crippen molar-refractivity contribution in [2.24, 2.45) is 5.73 Å². The van der Waals surface area contributed by atoms with E-state index in [9.17, 15) is 0 Å². The predicted molar refractivity (Wildman–Crippen MR) is 79.1 cm³/mol. The monoisotopic (exact) mass is 272 g/mol. The Morgan fingerprint density at radius 2 is 1.90 bits per heavy atom. The molecular weight excluding hydrogens is 252 g/mol. The first-order valence-electron chi connectivity index (χ1n) is 6.85. The van der Waals surface area contributed by atoms with Crippen LogP contribution in [0, 0.1) is 0 Å². The molecule has 2 aromatic rings. The smallest absolute Gasteiger partial charge is 0.145 e. The van der Waals surface area contributed by atoms with Crippen molar-refractivity contribution in [2.75, 3.05) is 6.61 Å². The van der Waals surface area contributed by atoms with Gasteiger partial charge in [-0.25, -0.2) is 0 Å². The van der Waals surface area contributed by atoms with E-state index in [0.717, 1.165) is 23.6 Å². The summed E-state index contributed by atoms with van der Waals surface area (Å²) < 4.78 is 11.2. The van der Waals surface area contributed by atoms with Crippen LogP contribution in [0.25, 0.3) is 0 Å². The summed E-state index contributed by atoms with van der Waals surface area (Å²) >= 11 is 0. The number of nitrogens with zero attached hydrogens (tertiary/aromatic N) is 1. The van der Waals surface area contributed by atoms with Gasteiger partial charge in [-0.15, -0.1) is 0 Å². The van der Waals surface area contributed by atoms with Gasteiger partial charge in [-0.3, -0.25) is 4.98 Å². The molecule has 1 aromatic heterocycles. The second kappa shape index (κ2) is 6.91. The molecule has 0 saturated heterocycles. The van der Waals surface area contributed by atoms with E-state index in [1.54, 1.807) is 6.20 Å². The van der Waals surface area contributed by atoms with Crippen LogP contribution in [0.1, 0.15) is 32.0 Å². The molecule has 20 heavy (non-hydrogen) atoms. The van der Waals surface area contributed by atoms with Crippen LogP contribution >= 0.6 is 0 Å². The standard InChI is InChI=1S/C16H20N2O2/c1-3-15(17)16-9-8-14(11-18-16)20-13-7-5-6-12(10-13)19-4-2/h5-11,15H,3-4,17H2,1-2H3/t15-/m0/s1. The van der Waals surface area contributed by atoms with Crippen LogP contribution in [0.15, 0.2) is 42.6 Å². The molecule has 4 nitrogen and oxygen atoms in total. The van der Waals surface area contributed by atoms with Gasteiger partial charge in [0.2, 0.25) is 0 Å². The first-order valence-corrected chi connectivity index (χ1v) is 6.85. The minimum atomic E-state index is -0.0228. The molecule has 0 fully saturated rings. The summed E-state index contributed by atoms with van der Waals surface area (Å²) in [6.07, 6.45) is 2.56. The van der Waals surface area contributed by atoms with Crippen molar-refractivity contribution in [3.63, 3.8) is 0 Å². The minimum absolute atomic E-state index is 0.0228. The first-order chi connectivity index (χ1) is 9.72. The number of hydrogen-bond acceptors (Lipinski definition) is 4. The molecule has 0 unspecified atom stereocenters. The molecule has 2 rings (SSSR count). The fourth-order valence-electron chi connectivity index (χ4n) is 1.81. The highest BCUT2D eigenvalue weighted by atomic mass is 16.5. The lowest BCUT2D eigenvalue weighted by Gasteiger charge is -2.10. The summed E-state index contributed by atoms with van der Waals surface area (Å²) in [7, 11) is 0. The van der Waals surface area contributed by atoms with E-state index in [1.807, 2.05) is 50.2 Å². The average molecular weight is 272 g/mol. The summed E-state index contributed by atoms with van der Waals surface area (Å²) in [5, 5.41) is 0. The van der Waals surface area contributed by atoms with Gasteiger partial charge in [0.25, 0.3) is 0 Å². The van der Waals surface area contributed by atoms with Crippen molar-refractivity contribution in [3.05, 3.63) is 48.3 Å². The first kappa shape index (κ1) is 14.3. The number of hydrogen-bond donors (Lipinski definition) is 1. The van der Waals surface area contributed by atoms with Crippen molar-refractivity contribution in [1.29, 1.82) is 0 Å². The topological polar surface area (TPSA) is 57.4 Å². The van der Waals surface area contributed by atoms with E-state index < -0.39 is 0 Å². The lowest BCUT2D eigenvalue weighted by atomic mass is 10.1. The number of benzene rings is 1. The van der Waals surface area contributed by atoms with E-state index in [0.29, 0.717) is 12.4 Å². The summed E-state index contributed by atoms with van der Waals surface area (Å²) in [6.45, 7) is 4.62. The Hall–Kier alpha value is -2.07. The SMILES string of the molecule is CCOc1cccc(Oc2ccc([C@@H](N)CC)nc2)c1. The van der Waals surface area contributed by atoms with E-state index in [-0.39, 0.29) is 6.04 Å². The molecule has 1 heterocycles. The molecule has 0 bridgehead atoms. The second-order valence-electron chi connectivity index (χ2n) is 4.44. The third kappa shape index (κ3) is 3.71. The van der Waals surface area contributed by atoms with Crippen molar-refractivity contribution in [3.8, 4) is 17.2 Å². The van der Waals surface area contributed by atoms with Crippen LogP contribution in [0.4, 0.5) is 0 Å². The van der Waals surface area contributed by atoms with Crippen LogP contribution in [0.5, 0.6) is 17.2 Å². The third-order valence-corrected chi connectivity index (χ3v) is 2.93. The number of nitrogens with two attached hydrogens (primary N) is 1. The molecule has 0 spiro atoms. The largest absolute Gasteiger partial charge is 0.494 e. The van der Waals surface area contributed by atoms with Gasteiger partial charge in [0.05, 0.1) is 18.5 Å². The van der Waals surface area contributed by atoms with Crippen LogP contribution < -0.4 is 15.2 Å². The van der Waals surface area contributed by atoms with E-state index in [2.05, 4.69) is 4.98 Å². The molecular formula is C16H20N2O2. The van der Waals surface area contributed by atoms with Crippen LogP contribution in [0.3, 0.4) is 0 Å². The third-order valence-electron chi connectivity index (χ3n) is 2.93. The molecule has 1 atom stereocenters. The molecule has 0 amide bonds. The Labute approximate surface area is 119 Å². The van der Waals surface area contributed by atoms with Gasteiger partial charge in [-0.2, -0.15) is 0 Å². The molecule has 106 valence electrons. The Kier molecular flexibility index (Phi) is 4.96. The fraction of sp³-hybridized carbons (Fsp3) is 0.312. The van der Waals surface area contributed by atoms with Gasteiger partial charge in [-0.05, 0) is 37.6 Å². The van der Waals surface area contributed by atoms with Gasteiger partial charge < -0.3 is 15.2 Å². The van der Waals surface area contributed by atoms with E-state index in [1.165, 1.54) is 0 Å². The lowest BCUT2D eigenvalue weighted by molar-refractivity contribution is 0.338. The summed E-state index contributed by atoms with van der Waals surface area (Å²) in [5.74, 6) is 2.21. The number of rotatable bonds is 6. The molecule has 2 N–H and O–H groups in total. The number of pyridine rings is 1. The van der Waals surface area contributed by atoms with Gasteiger partial charge >= 0.3 is 0 Å². The fourth-order valence-corrected chi connectivity index (χ4v) is 1.81. The summed E-state index contributed by atoms with van der Waals surface area (Å²) in [5.41, 5.74) is 6.81. The van der Waals surface area contributed by atoms with Gasteiger partial charge in [-0.1, -0.05) is 13.0 Å². The summed E-state index contributed by atoms with van der Waals surface area (Å²) in [6, 6.07) is 11.3. The van der Waals surface area contributed by atoms with Crippen molar-refractivity contribution in [1.82, 2.24) is 4.98 Å². The molecule has 0 aliphatic rings. The molecule has 0 saturated carbocycles. The van der Waals surface area contributed by atoms with Crippen LogP contribution in [-0.2, 0) is 0 Å². The van der Waals surface area contributed by atoms with E-state index in [4.69, 9.17) is 15.2 Å². The maximum absolute atomic E-state index is 5.93. The second-order valence-corrected chi connectivity index (χ2v) is 4.44. The zero-order valence-electron chi connectivity index (χ0n) is 11.9. The normalized spacial score (nSPS) is 11.9. The van der Waals surface area contributed by atoms with Crippen molar-refractivity contribution < 1.29 is 9.47 Å². The predicted octanol–water partition coefficient (Wildman–Crippen LogP) is 3.68. The summed E-state index contributed by atoms with van der Waals surface area (Å²) in [4.78, 5) is 4.32. The molecule has 0 aliphatic carbocycles. The van der Waals surface area contributed by atoms with Crippen molar-refractivity contribution >= 4 is 0 Å². The maximum atomic E-state index is 5.93. The zero-order chi connectivity index (χ0) is 14.4. The number of aromatic nitrogens is 1. The van der Waals surface area contributed by atoms with Gasteiger partial charge in [0.1, 0.15) is 17.2 Å². The maximum Gasteiger partial charge on any atom is 0.145 e. The Morgan fingerprint density at radius 3 is 2.55 bits per heavy atom. The van der Waals surface area contributed by atoms with E-state index >= 15 is 0 Å². The molecule has 1 aromatic carbocycles. The van der Waals surface area contributed by atoms with Crippen LogP contribution in [0.2, 0.25) is 0 Å². The minimum Gasteiger partial charge on any atom is -0.494 e. The van der Waals surface area contributed by atoms with Crippen LogP contribution in [-0.4, -0.2) is 11.6 Å². The van der Waals surface area contributed by atoms with Crippen molar-refractivity contribution in [2.45, 2.75) is 26.3 Å². The molecule has 4 heteroatoms. The molecule has 0 radical (unpaired) electrons. The number of ether oxygens (including phenoxy) is 2. The Morgan fingerprint density at radius 1 is 1.10 bits per heavy atom. The highest BCUT2D eigenvalue weighted by molar-refractivity contribution is 5.36. The lowest BCUT2D eigenvalue weighted by Crippen LogP contribution is -2.10. The highest BCUT2D eigenvalue weighted by Gasteiger charge is 2.05. The van der Waals surface area contributed by atoms with Gasteiger partial charge in [0, 0.05) is 12.1 Å².